The minimum Gasteiger partial charge on any atom is -0.497 e. The van der Waals surface area contributed by atoms with Crippen LogP contribution in [-0.4, -0.2) is 79.4 Å². The Morgan fingerprint density at radius 1 is 0.846 bits per heavy atom. The molecule has 0 spiro atoms. The maximum atomic E-state index is 12.5. The van der Waals surface area contributed by atoms with Crippen LogP contribution in [0.3, 0.4) is 0 Å². The van der Waals surface area contributed by atoms with Crippen LogP contribution < -0.4 is 4.74 Å². The smallest absolute Gasteiger partial charge is 0.236 e. The summed E-state index contributed by atoms with van der Waals surface area (Å²) >= 11 is 0. The third kappa shape index (κ3) is 4.97. The summed E-state index contributed by atoms with van der Waals surface area (Å²) in [6, 6.07) is 7.63. The lowest BCUT2D eigenvalue weighted by atomic mass is 10.1. The van der Waals surface area contributed by atoms with Crippen LogP contribution in [0.4, 0.5) is 0 Å². The van der Waals surface area contributed by atoms with Crippen molar-refractivity contribution in [1.82, 2.24) is 14.7 Å². The molecule has 6 nitrogen and oxygen atoms in total. The van der Waals surface area contributed by atoms with E-state index in [1.165, 1.54) is 6.42 Å². The van der Waals surface area contributed by atoms with Crippen LogP contribution >= 0.6 is 0 Å². The first kappa shape index (κ1) is 18.7. The zero-order chi connectivity index (χ0) is 18.4. The molecule has 0 atom stereocenters. The Bertz CT molecular complexity index is 603. The molecule has 0 bridgehead atoms. The summed E-state index contributed by atoms with van der Waals surface area (Å²) in [5, 5.41) is 0. The molecule has 0 aromatic heterocycles. The molecular weight excluding hydrogens is 330 g/mol. The van der Waals surface area contributed by atoms with Gasteiger partial charge in [-0.3, -0.25) is 14.5 Å². The predicted octanol–water partition coefficient (Wildman–Crippen LogP) is 1.39. The van der Waals surface area contributed by atoms with E-state index >= 15 is 0 Å². The maximum absolute atomic E-state index is 12.5. The second-order valence-corrected chi connectivity index (χ2v) is 7.12. The van der Waals surface area contributed by atoms with Crippen molar-refractivity contribution in [2.75, 3.05) is 52.9 Å². The Hall–Kier alpha value is -2.08. The molecule has 0 radical (unpaired) electrons. The molecule has 2 heterocycles. The number of carbonyl (C=O) groups is 2. The molecule has 6 heteroatoms. The second kappa shape index (κ2) is 9.03. The topological polar surface area (TPSA) is 53.1 Å². The van der Waals surface area contributed by atoms with Crippen LogP contribution in [0, 0.1) is 0 Å². The maximum Gasteiger partial charge on any atom is 0.236 e. The zero-order valence-electron chi connectivity index (χ0n) is 15.7. The van der Waals surface area contributed by atoms with Gasteiger partial charge < -0.3 is 14.5 Å². The summed E-state index contributed by atoms with van der Waals surface area (Å²) < 4.78 is 5.15. The number of piperidine rings is 1. The Labute approximate surface area is 155 Å². The molecule has 3 rings (SSSR count). The number of benzene rings is 1. The van der Waals surface area contributed by atoms with Gasteiger partial charge in [-0.15, -0.1) is 0 Å². The fraction of sp³-hybridized carbons (Fsp3) is 0.600. The highest BCUT2D eigenvalue weighted by Gasteiger charge is 2.24. The third-order valence-corrected chi connectivity index (χ3v) is 5.31. The number of hydrogen-bond donors (Lipinski definition) is 0. The average molecular weight is 359 g/mol. The third-order valence-electron chi connectivity index (χ3n) is 5.31. The van der Waals surface area contributed by atoms with Gasteiger partial charge >= 0.3 is 0 Å². The highest BCUT2D eigenvalue weighted by Crippen LogP contribution is 2.14. The van der Waals surface area contributed by atoms with E-state index in [0.717, 1.165) is 50.3 Å². The van der Waals surface area contributed by atoms with Crippen LogP contribution in [-0.2, 0) is 16.0 Å². The lowest BCUT2D eigenvalue weighted by molar-refractivity contribution is -0.135. The van der Waals surface area contributed by atoms with Crippen molar-refractivity contribution in [3.05, 3.63) is 29.8 Å². The van der Waals surface area contributed by atoms with Gasteiger partial charge in [0, 0.05) is 39.3 Å². The summed E-state index contributed by atoms with van der Waals surface area (Å²) in [6.45, 7) is 5.23. The molecule has 0 N–H and O–H groups in total. The number of rotatable bonds is 5. The van der Waals surface area contributed by atoms with E-state index in [1.54, 1.807) is 7.11 Å². The van der Waals surface area contributed by atoms with Gasteiger partial charge in [-0.05, 0) is 37.0 Å². The second-order valence-electron chi connectivity index (χ2n) is 7.12. The Morgan fingerprint density at radius 3 is 2.08 bits per heavy atom. The molecule has 2 amide bonds. The van der Waals surface area contributed by atoms with Gasteiger partial charge in [-0.2, -0.15) is 0 Å². The van der Waals surface area contributed by atoms with Crippen LogP contribution in [0.5, 0.6) is 5.75 Å². The Balaban J connectivity index is 1.42. The van der Waals surface area contributed by atoms with E-state index in [1.807, 2.05) is 34.1 Å². The van der Waals surface area contributed by atoms with Gasteiger partial charge in [0.25, 0.3) is 0 Å². The quantitative estimate of drug-likeness (QED) is 0.797. The zero-order valence-corrected chi connectivity index (χ0v) is 15.7. The van der Waals surface area contributed by atoms with E-state index in [-0.39, 0.29) is 11.8 Å². The average Bonchev–Trinajstić information content (AvgIpc) is 2.69. The number of nitrogens with zero attached hydrogens (tertiary/aromatic N) is 3. The molecule has 1 aromatic rings. The molecule has 0 saturated carbocycles. The fourth-order valence-corrected chi connectivity index (χ4v) is 3.62. The first-order valence-corrected chi connectivity index (χ1v) is 9.56. The van der Waals surface area contributed by atoms with Gasteiger partial charge in [0.05, 0.1) is 20.1 Å². The van der Waals surface area contributed by atoms with E-state index < -0.39 is 0 Å². The van der Waals surface area contributed by atoms with Crippen molar-refractivity contribution < 1.29 is 14.3 Å². The highest BCUT2D eigenvalue weighted by atomic mass is 16.5. The SMILES string of the molecule is COc1ccc(CC(=O)N2CCN(CC(=O)N3CCCCC3)CC2)cc1. The molecule has 1 aromatic carbocycles. The largest absolute Gasteiger partial charge is 0.497 e. The fourth-order valence-electron chi connectivity index (χ4n) is 3.62. The lowest BCUT2D eigenvalue weighted by Gasteiger charge is -2.36. The standard InChI is InChI=1S/C20H29N3O3/c1-26-18-7-5-17(6-8-18)15-19(24)23-13-11-21(12-14-23)16-20(25)22-9-3-2-4-10-22/h5-8H,2-4,9-16H2,1H3. The molecule has 26 heavy (non-hydrogen) atoms. The molecule has 2 fully saturated rings. The molecule has 0 unspecified atom stereocenters. The minimum atomic E-state index is 0.150. The molecule has 2 saturated heterocycles. The Kier molecular flexibility index (Phi) is 6.50. The van der Waals surface area contributed by atoms with Gasteiger partial charge in [-0.25, -0.2) is 0 Å². The summed E-state index contributed by atoms with van der Waals surface area (Å²) in [7, 11) is 1.63. The molecular formula is C20H29N3O3. The summed E-state index contributed by atoms with van der Waals surface area (Å²) in [4.78, 5) is 30.9. The summed E-state index contributed by atoms with van der Waals surface area (Å²) in [5.41, 5.74) is 0.999. The van der Waals surface area contributed by atoms with Crippen molar-refractivity contribution in [2.45, 2.75) is 25.7 Å². The molecule has 142 valence electrons. The van der Waals surface area contributed by atoms with Crippen molar-refractivity contribution in [2.24, 2.45) is 0 Å². The minimum absolute atomic E-state index is 0.150. The number of hydrogen-bond acceptors (Lipinski definition) is 4. The van der Waals surface area contributed by atoms with Gasteiger partial charge in [0.1, 0.15) is 5.75 Å². The molecule has 0 aliphatic carbocycles. The van der Waals surface area contributed by atoms with Crippen molar-refractivity contribution >= 4 is 11.8 Å². The first-order chi connectivity index (χ1) is 12.7. The van der Waals surface area contributed by atoms with E-state index in [0.29, 0.717) is 26.1 Å². The van der Waals surface area contributed by atoms with E-state index in [2.05, 4.69) is 4.90 Å². The van der Waals surface area contributed by atoms with Gasteiger partial charge in [0.2, 0.25) is 11.8 Å². The molecule has 2 aliphatic rings. The number of piperazine rings is 1. The van der Waals surface area contributed by atoms with E-state index in [4.69, 9.17) is 4.74 Å². The number of amides is 2. The normalized spacial score (nSPS) is 18.7. The summed E-state index contributed by atoms with van der Waals surface area (Å²) in [5.74, 6) is 1.19. The highest BCUT2D eigenvalue weighted by molar-refractivity contribution is 5.79. The van der Waals surface area contributed by atoms with E-state index in [9.17, 15) is 9.59 Å². The molecule has 2 aliphatic heterocycles. The van der Waals surface area contributed by atoms with Gasteiger partial charge in [0.15, 0.2) is 0 Å². The number of ether oxygens (including phenoxy) is 1. The van der Waals surface area contributed by atoms with Crippen LogP contribution in [0.15, 0.2) is 24.3 Å². The first-order valence-electron chi connectivity index (χ1n) is 9.56. The van der Waals surface area contributed by atoms with Crippen molar-refractivity contribution in [3.63, 3.8) is 0 Å². The lowest BCUT2D eigenvalue weighted by Crippen LogP contribution is -2.52. The van der Waals surface area contributed by atoms with Gasteiger partial charge in [-0.1, -0.05) is 12.1 Å². The van der Waals surface area contributed by atoms with Crippen molar-refractivity contribution in [3.8, 4) is 5.75 Å². The van der Waals surface area contributed by atoms with Crippen molar-refractivity contribution in [1.29, 1.82) is 0 Å². The summed E-state index contributed by atoms with van der Waals surface area (Å²) in [6.07, 6.45) is 3.90. The number of likely N-dealkylation sites (tertiary alicyclic amines) is 1. The monoisotopic (exact) mass is 359 g/mol. The van der Waals surface area contributed by atoms with Crippen LogP contribution in [0.25, 0.3) is 0 Å². The van der Waals surface area contributed by atoms with Crippen LogP contribution in [0.1, 0.15) is 24.8 Å². The Morgan fingerprint density at radius 2 is 1.46 bits per heavy atom. The number of methoxy groups -OCH3 is 1. The predicted molar refractivity (Wildman–Crippen MR) is 100 cm³/mol. The van der Waals surface area contributed by atoms with Crippen LogP contribution in [0.2, 0.25) is 0 Å². The number of carbonyl (C=O) groups excluding carboxylic acids is 2.